The molecule has 5 rings (SSSR count). The highest BCUT2D eigenvalue weighted by molar-refractivity contribution is 8.00. The normalized spacial score (nSPS) is 16.1. The van der Waals surface area contributed by atoms with E-state index in [1.54, 1.807) is 48.5 Å². The summed E-state index contributed by atoms with van der Waals surface area (Å²) < 4.78 is 26.4. The van der Waals surface area contributed by atoms with Crippen molar-refractivity contribution >= 4 is 45.7 Å². The Hall–Kier alpha value is -4.29. The van der Waals surface area contributed by atoms with Crippen molar-refractivity contribution < 1.29 is 28.6 Å². The third-order valence-corrected chi connectivity index (χ3v) is 8.75. The molecule has 0 bridgehead atoms. The molecule has 1 amide bonds. The highest BCUT2D eigenvalue weighted by Crippen LogP contribution is 2.45. The molecule has 2 aromatic carbocycles. The fraction of sp³-hybridized carbons (Fsp3) is 0.258. The second-order valence-electron chi connectivity index (χ2n) is 9.48. The van der Waals surface area contributed by atoms with Gasteiger partial charge in [0, 0.05) is 23.7 Å². The van der Waals surface area contributed by atoms with Crippen LogP contribution in [0.1, 0.15) is 49.4 Å². The number of thioether (sulfide) groups is 1. The number of amides is 1. The monoisotopic (exact) mass is 620 g/mol. The van der Waals surface area contributed by atoms with Crippen LogP contribution in [-0.4, -0.2) is 45.2 Å². The zero-order valence-corrected chi connectivity index (χ0v) is 25.2. The molecule has 0 aliphatic carbocycles. The standard InChI is InChI=1S/C31H29FN4O5S2/c1-3-5-16-41-23-11-10-20(17-24(23)40-4-2)26-25(27(37)19-12-14-33-15-13-19)28(38)29(39)36(26)30-34-35-31(43-30)42-18-21-8-6-7-9-22(21)32/h6-15,17,26,37H,3-5,16,18H2,1-2H3. The fourth-order valence-corrected chi connectivity index (χ4v) is 6.39. The Bertz CT molecular complexity index is 1650. The van der Waals surface area contributed by atoms with E-state index in [1.807, 2.05) is 6.92 Å². The maximum absolute atomic E-state index is 14.1. The Kier molecular flexibility index (Phi) is 9.68. The lowest BCUT2D eigenvalue weighted by Crippen LogP contribution is -2.29. The first-order chi connectivity index (χ1) is 20.9. The zero-order chi connectivity index (χ0) is 30.3. The first-order valence-corrected chi connectivity index (χ1v) is 15.5. The van der Waals surface area contributed by atoms with Crippen LogP contribution in [0.15, 0.2) is 76.9 Å². The van der Waals surface area contributed by atoms with Gasteiger partial charge in [0.1, 0.15) is 11.6 Å². The summed E-state index contributed by atoms with van der Waals surface area (Å²) in [4.78, 5) is 32.3. The molecule has 1 unspecified atom stereocenters. The summed E-state index contributed by atoms with van der Waals surface area (Å²) in [5, 5.41) is 19.9. The molecule has 12 heteroatoms. The maximum atomic E-state index is 14.1. The summed E-state index contributed by atoms with van der Waals surface area (Å²) >= 11 is 2.37. The number of halogens is 1. The van der Waals surface area contributed by atoms with Crippen LogP contribution in [0.4, 0.5) is 9.52 Å². The fourth-order valence-electron chi connectivity index (χ4n) is 4.53. The SMILES string of the molecule is CCCCOc1ccc(C2C(=C(O)c3ccncc3)C(=O)C(=O)N2c2nnc(SCc3ccccc3F)s2)cc1OCC. The van der Waals surface area contributed by atoms with Crippen molar-refractivity contribution in [2.75, 3.05) is 18.1 Å². The van der Waals surface area contributed by atoms with E-state index in [1.165, 1.54) is 35.1 Å². The van der Waals surface area contributed by atoms with Gasteiger partial charge in [0.25, 0.3) is 5.78 Å². The Labute approximate surface area is 256 Å². The minimum Gasteiger partial charge on any atom is -0.507 e. The number of carbonyl (C=O) groups is 2. The van der Waals surface area contributed by atoms with E-state index in [0.29, 0.717) is 51.5 Å². The first kappa shape index (κ1) is 30.2. The van der Waals surface area contributed by atoms with E-state index in [4.69, 9.17) is 9.47 Å². The average Bonchev–Trinajstić information content (AvgIpc) is 3.59. The van der Waals surface area contributed by atoms with Crippen molar-refractivity contribution in [1.29, 1.82) is 0 Å². The summed E-state index contributed by atoms with van der Waals surface area (Å²) in [5.41, 5.74) is 1.25. The molecule has 0 saturated carbocycles. The van der Waals surface area contributed by atoms with Crippen LogP contribution >= 0.6 is 23.1 Å². The Balaban J connectivity index is 1.56. The second kappa shape index (κ2) is 13.8. The van der Waals surface area contributed by atoms with Crippen molar-refractivity contribution in [3.63, 3.8) is 0 Å². The third-order valence-electron chi connectivity index (χ3n) is 6.65. The number of unbranched alkanes of at least 4 members (excludes halogenated alkanes) is 1. The number of pyridine rings is 1. The number of hydrogen-bond donors (Lipinski definition) is 1. The molecular weight excluding hydrogens is 591 g/mol. The number of carbonyl (C=O) groups excluding carboxylic acids is 2. The van der Waals surface area contributed by atoms with Crippen LogP contribution in [-0.2, 0) is 15.3 Å². The van der Waals surface area contributed by atoms with Gasteiger partial charge in [0.15, 0.2) is 15.8 Å². The Morgan fingerprint density at radius 1 is 1.05 bits per heavy atom. The number of ether oxygens (including phenoxy) is 2. The smallest absolute Gasteiger partial charge is 0.301 e. The third kappa shape index (κ3) is 6.55. The van der Waals surface area contributed by atoms with Crippen molar-refractivity contribution in [3.05, 3.63) is 95.1 Å². The number of hydrogen-bond acceptors (Lipinski definition) is 10. The minimum atomic E-state index is -1.03. The number of anilines is 1. The summed E-state index contributed by atoms with van der Waals surface area (Å²) in [7, 11) is 0. The number of rotatable bonds is 12. The van der Waals surface area contributed by atoms with Crippen LogP contribution in [0.2, 0.25) is 0 Å². The molecule has 0 radical (unpaired) electrons. The zero-order valence-electron chi connectivity index (χ0n) is 23.5. The molecule has 1 aliphatic rings. The number of benzene rings is 2. The van der Waals surface area contributed by atoms with Gasteiger partial charge in [-0.05, 0) is 54.8 Å². The van der Waals surface area contributed by atoms with E-state index in [2.05, 4.69) is 22.1 Å². The average molecular weight is 621 g/mol. The lowest BCUT2D eigenvalue weighted by molar-refractivity contribution is -0.132. The number of aliphatic hydroxyl groups excluding tert-OH is 1. The van der Waals surface area contributed by atoms with E-state index in [0.717, 1.165) is 24.2 Å². The molecule has 2 aromatic heterocycles. The van der Waals surface area contributed by atoms with Crippen molar-refractivity contribution in [2.24, 2.45) is 0 Å². The van der Waals surface area contributed by atoms with E-state index in [-0.39, 0.29) is 22.3 Å². The van der Waals surface area contributed by atoms with Gasteiger partial charge >= 0.3 is 5.91 Å². The Morgan fingerprint density at radius 2 is 1.84 bits per heavy atom. The summed E-state index contributed by atoms with van der Waals surface area (Å²) in [5.74, 6) is -1.10. The van der Waals surface area contributed by atoms with Gasteiger partial charge in [0.05, 0.1) is 24.8 Å². The van der Waals surface area contributed by atoms with Gasteiger partial charge < -0.3 is 14.6 Å². The number of ketones is 1. The van der Waals surface area contributed by atoms with Gasteiger partial charge in [-0.15, -0.1) is 10.2 Å². The highest BCUT2D eigenvalue weighted by atomic mass is 32.2. The van der Waals surface area contributed by atoms with Crippen molar-refractivity contribution in [2.45, 2.75) is 42.8 Å². The van der Waals surface area contributed by atoms with Crippen molar-refractivity contribution in [3.8, 4) is 11.5 Å². The molecule has 222 valence electrons. The second-order valence-corrected chi connectivity index (χ2v) is 11.7. The highest BCUT2D eigenvalue weighted by Gasteiger charge is 2.48. The molecule has 0 spiro atoms. The van der Waals surface area contributed by atoms with Crippen LogP contribution < -0.4 is 14.4 Å². The Morgan fingerprint density at radius 3 is 2.58 bits per heavy atom. The van der Waals surface area contributed by atoms with Crippen LogP contribution in [0.25, 0.3) is 5.76 Å². The molecule has 1 saturated heterocycles. The van der Waals surface area contributed by atoms with E-state index in [9.17, 15) is 19.1 Å². The van der Waals surface area contributed by atoms with Crippen LogP contribution in [0.3, 0.4) is 0 Å². The molecule has 43 heavy (non-hydrogen) atoms. The van der Waals surface area contributed by atoms with Gasteiger partial charge in [-0.25, -0.2) is 4.39 Å². The summed E-state index contributed by atoms with van der Waals surface area (Å²) in [6.07, 6.45) is 4.81. The van der Waals surface area contributed by atoms with E-state index >= 15 is 0 Å². The number of nitrogens with zero attached hydrogens (tertiary/aromatic N) is 4. The number of aromatic nitrogens is 3. The molecular formula is C31H29FN4O5S2. The maximum Gasteiger partial charge on any atom is 0.301 e. The largest absolute Gasteiger partial charge is 0.507 e. The minimum absolute atomic E-state index is 0.103. The number of aliphatic hydroxyl groups is 1. The lowest BCUT2D eigenvalue weighted by atomic mass is 9.95. The number of Topliss-reactive ketones (excluding diaryl/α,β-unsaturated/α-hetero) is 1. The van der Waals surface area contributed by atoms with Gasteiger partial charge in [-0.3, -0.25) is 19.5 Å². The molecule has 1 aliphatic heterocycles. The lowest BCUT2D eigenvalue weighted by Gasteiger charge is -2.23. The van der Waals surface area contributed by atoms with Crippen LogP contribution in [0, 0.1) is 5.82 Å². The summed E-state index contributed by atoms with van der Waals surface area (Å²) in [6, 6.07) is 13.7. The molecule has 1 atom stereocenters. The quantitative estimate of drug-likeness (QED) is 0.0469. The van der Waals surface area contributed by atoms with E-state index < -0.39 is 17.7 Å². The first-order valence-electron chi connectivity index (χ1n) is 13.7. The topological polar surface area (TPSA) is 115 Å². The van der Waals surface area contributed by atoms with Crippen molar-refractivity contribution in [1.82, 2.24) is 15.2 Å². The predicted octanol–water partition coefficient (Wildman–Crippen LogP) is 6.57. The molecule has 3 heterocycles. The van der Waals surface area contributed by atoms with Crippen LogP contribution in [0.5, 0.6) is 11.5 Å². The van der Waals surface area contributed by atoms with Gasteiger partial charge in [-0.2, -0.15) is 0 Å². The summed E-state index contributed by atoms with van der Waals surface area (Å²) in [6.45, 7) is 4.79. The molecule has 4 aromatic rings. The predicted molar refractivity (Wildman–Crippen MR) is 163 cm³/mol. The van der Waals surface area contributed by atoms with Gasteiger partial charge in [0.2, 0.25) is 5.13 Å². The molecule has 1 N–H and O–H groups in total. The molecule has 9 nitrogen and oxygen atoms in total. The molecule has 1 fully saturated rings. The van der Waals surface area contributed by atoms with Gasteiger partial charge in [-0.1, -0.05) is 60.7 Å².